The van der Waals surface area contributed by atoms with E-state index in [0.717, 1.165) is 16.8 Å². The summed E-state index contributed by atoms with van der Waals surface area (Å²) in [5.74, 6) is 0.683. The molecule has 0 spiro atoms. The van der Waals surface area contributed by atoms with E-state index in [0.29, 0.717) is 28.0 Å². The molecule has 0 saturated carbocycles. The first-order chi connectivity index (χ1) is 14.2. The Bertz CT molecular complexity index is 1060. The maximum Gasteiger partial charge on any atom is 0.337 e. The van der Waals surface area contributed by atoms with Gasteiger partial charge in [-0.15, -0.1) is 16.8 Å². The highest BCUT2D eigenvalue weighted by atomic mass is 32.2. The predicted octanol–water partition coefficient (Wildman–Crippen LogP) is 4.11. The average molecular weight is 406 g/mol. The topological polar surface area (TPSA) is 86.2 Å². The minimum atomic E-state index is -0.516. The first kappa shape index (κ1) is 18.9. The number of rotatable bonds is 5. The van der Waals surface area contributed by atoms with Gasteiger partial charge in [-0.05, 0) is 18.2 Å². The third-order valence-corrected chi connectivity index (χ3v) is 5.13. The van der Waals surface area contributed by atoms with Crippen LogP contribution in [0.5, 0.6) is 5.88 Å². The molecule has 1 aromatic heterocycles. The minimum absolute atomic E-state index is 0.386. The fourth-order valence-corrected chi connectivity index (χ4v) is 3.42. The van der Waals surface area contributed by atoms with Crippen LogP contribution in [-0.4, -0.2) is 34.0 Å². The number of aromatic nitrogens is 3. The number of hydrogen-bond acceptors (Lipinski definition) is 8. The zero-order chi connectivity index (χ0) is 20.2. The predicted molar refractivity (Wildman–Crippen MR) is 111 cm³/mol. The third kappa shape index (κ3) is 3.93. The van der Waals surface area contributed by atoms with Gasteiger partial charge in [0.2, 0.25) is 11.0 Å². The molecule has 0 amide bonds. The lowest BCUT2D eigenvalue weighted by molar-refractivity contribution is 0.0600. The summed E-state index contributed by atoms with van der Waals surface area (Å²) in [6, 6.07) is 14.8. The van der Waals surface area contributed by atoms with Gasteiger partial charge in [0, 0.05) is 22.6 Å². The summed E-state index contributed by atoms with van der Waals surface area (Å²) in [4.78, 5) is 16.3. The van der Waals surface area contributed by atoms with Gasteiger partial charge in [-0.1, -0.05) is 48.2 Å². The molecular weight excluding hydrogens is 388 g/mol. The fourth-order valence-electron chi connectivity index (χ4n) is 2.90. The van der Waals surface area contributed by atoms with Crippen molar-refractivity contribution < 1.29 is 14.3 Å². The van der Waals surface area contributed by atoms with Crippen molar-refractivity contribution in [1.29, 1.82) is 0 Å². The summed E-state index contributed by atoms with van der Waals surface area (Å²) in [6.07, 6.45) is 1.27. The average Bonchev–Trinajstić information content (AvgIpc) is 2.93. The van der Waals surface area contributed by atoms with Crippen molar-refractivity contribution in [1.82, 2.24) is 15.2 Å². The van der Waals surface area contributed by atoms with Crippen molar-refractivity contribution in [2.75, 3.05) is 18.2 Å². The zero-order valence-electron chi connectivity index (χ0n) is 15.7. The van der Waals surface area contributed by atoms with Crippen LogP contribution in [0.2, 0.25) is 0 Å². The van der Waals surface area contributed by atoms with Gasteiger partial charge in [-0.2, -0.15) is 4.98 Å². The van der Waals surface area contributed by atoms with Gasteiger partial charge in [-0.3, -0.25) is 0 Å². The summed E-state index contributed by atoms with van der Waals surface area (Å²) >= 11 is 1.43. The molecule has 2 heterocycles. The molecule has 0 bridgehead atoms. The van der Waals surface area contributed by atoms with Crippen LogP contribution in [0.4, 0.5) is 5.69 Å². The fraction of sp³-hybridized carbons (Fsp3) is 0.143. The molecule has 2 aromatic carbocycles. The number of carbonyl (C=O) groups is 1. The van der Waals surface area contributed by atoms with Crippen LogP contribution in [0.25, 0.3) is 11.3 Å². The number of para-hydroxylation sites is 1. The van der Waals surface area contributed by atoms with Crippen LogP contribution in [0.15, 0.2) is 66.3 Å². The molecule has 8 heteroatoms. The summed E-state index contributed by atoms with van der Waals surface area (Å²) < 4.78 is 11.0. The van der Waals surface area contributed by atoms with Crippen molar-refractivity contribution in [3.05, 3.63) is 72.3 Å². The lowest BCUT2D eigenvalue weighted by Gasteiger charge is -2.19. The Morgan fingerprint density at radius 3 is 2.79 bits per heavy atom. The first-order valence-corrected chi connectivity index (χ1v) is 9.87. The highest BCUT2D eigenvalue weighted by Gasteiger charge is 2.26. The molecule has 0 radical (unpaired) electrons. The molecule has 0 saturated heterocycles. The molecule has 146 valence electrons. The highest BCUT2D eigenvalue weighted by molar-refractivity contribution is 7.99. The first-order valence-electron chi connectivity index (χ1n) is 8.89. The van der Waals surface area contributed by atoms with Gasteiger partial charge in [0.05, 0.1) is 12.7 Å². The molecule has 0 fully saturated rings. The molecule has 4 rings (SSSR count). The second-order valence-corrected chi connectivity index (χ2v) is 7.14. The smallest absolute Gasteiger partial charge is 0.337 e. The van der Waals surface area contributed by atoms with Crippen LogP contribution < -0.4 is 10.1 Å². The van der Waals surface area contributed by atoms with E-state index < -0.39 is 6.23 Å². The van der Waals surface area contributed by atoms with E-state index in [1.54, 1.807) is 18.2 Å². The maximum atomic E-state index is 11.7. The van der Waals surface area contributed by atoms with Crippen molar-refractivity contribution >= 4 is 23.4 Å². The Balaban J connectivity index is 1.73. The quantitative estimate of drug-likeness (QED) is 0.385. The number of methoxy groups -OCH3 is 1. The van der Waals surface area contributed by atoms with E-state index in [2.05, 4.69) is 27.1 Å². The van der Waals surface area contributed by atoms with Crippen LogP contribution in [0, 0.1) is 0 Å². The Labute approximate surface area is 172 Å². The van der Waals surface area contributed by atoms with E-state index in [1.165, 1.54) is 18.9 Å². The van der Waals surface area contributed by atoms with Crippen LogP contribution in [-0.2, 0) is 4.74 Å². The number of nitrogens with zero attached hydrogens (tertiary/aromatic N) is 3. The molecule has 29 heavy (non-hydrogen) atoms. The number of anilines is 1. The van der Waals surface area contributed by atoms with Crippen molar-refractivity contribution in [3.8, 4) is 17.1 Å². The van der Waals surface area contributed by atoms with Gasteiger partial charge in [-0.25, -0.2) is 4.79 Å². The molecule has 1 aliphatic rings. The van der Waals surface area contributed by atoms with Gasteiger partial charge in [0.25, 0.3) is 0 Å². The lowest BCUT2D eigenvalue weighted by atomic mass is 10.1. The van der Waals surface area contributed by atoms with Crippen molar-refractivity contribution in [2.45, 2.75) is 11.4 Å². The third-order valence-electron chi connectivity index (χ3n) is 4.30. The normalized spacial score (nSPS) is 14.4. The maximum absolute atomic E-state index is 11.7. The van der Waals surface area contributed by atoms with Crippen molar-refractivity contribution in [3.63, 3.8) is 0 Å². The molecule has 1 atom stereocenters. The SMILES string of the molecule is C=CCSc1nnc2c(n1)OC(c1ccc(C(=O)OC)cc1)Nc1ccccc1-2. The van der Waals surface area contributed by atoms with Gasteiger partial charge < -0.3 is 14.8 Å². The number of fused-ring (bicyclic) bond motifs is 3. The zero-order valence-corrected chi connectivity index (χ0v) is 16.5. The number of thioether (sulfide) groups is 1. The standard InChI is InChI=1S/C21H18N4O3S/c1-3-12-29-21-23-19-17(24-25-21)15-6-4-5-7-16(15)22-18(28-19)13-8-10-14(11-9-13)20(26)27-2/h3-11,18,22H,1,12H2,2H3. The Morgan fingerprint density at radius 1 is 1.24 bits per heavy atom. The Kier molecular flexibility index (Phi) is 5.44. The Hall–Kier alpha value is -3.39. The monoisotopic (exact) mass is 406 g/mol. The number of hydrogen-bond donors (Lipinski definition) is 1. The number of nitrogens with one attached hydrogen (secondary N) is 1. The molecular formula is C21H18N4O3S. The summed E-state index contributed by atoms with van der Waals surface area (Å²) in [6.45, 7) is 3.71. The Morgan fingerprint density at radius 2 is 2.03 bits per heavy atom. The van der Waals surface area contributed by atoms with Crippen LogP contribution in [0.1, 0.15) is 22.1 Å². The van der Waals surface area contributed by atoms with Gasteiger partial charge in [0.1, 0.15) is 0 Å². The summed E-state index contributed by atoms with van der Waals surface area (Å²) in [5.41, 5.74) is 3.59. The van der Waals surface area contributed by atoms with Gasteiger partial charge in [0.15, 0.2) is 11.9 Å². The number of esters is 1. The van der Waals surface area contributed by atoms with Crippen LogP contribution in [0.3, 0.4) is 0 Å². The largest absolute Gasteiger partial charge is 0.465 e. The number of benzene rings is 2. The molecule has 7 nitrogen and oxygen atoms in total. The molecule has 3 aromatic rings. The molecule has 0 aliphatic carbocycles. The second kappa shape index (κ2) is 8.32. The van der Waals surface area contributed by atoms with E-state index in [4.69, 9.17) is 9.47 Å². The van der Waals surface area contributed by atoms with Crippen molar-refractivity contribution in [2.24, 2.45) is 0 Å². The highest BCUT2D eigenvalue weighted by Crippen LogP contribution is 2.39. The summed E-state index contributed by atoms with van der Waals surface area (Å²) in [7, 11) is 1.36. The molecule has 1 unspecified atom stereocenters. The summed E-state index contributed by atoms with van der Waals surface area (Å²) in [5, 5.41) is 12.5. The number of ether oxygens (including phenoxy) is 2. The number of carbonyl (C=O) groups excluding carboxylic acids is 1. The van der Waals surface area contributed by atoms with Crippen LogP contribution >= 0.6 is 11.8 Å². The minimum Gasteiger partial charge on any atom is -0.465 e. The lowest BCUT2D eigenvalue weighted by Crippen LogP contribution is -2.17. The molecule has 1 N–H and O–H groups in total. The van der Waals surface area contributed by atoms with E-state index >= 15 is 0 Å². The second-order valence-electron chi connectivity index (χ2n) is 6.15. The van der Waals surface area contributed by atoms with Gasteiger partial charge >= 0.3 is 5.97 Å². The van der Waals surface area contributed by atoms with E-state index in [9.17, 15) is 4.79 Å². The van der Waals surface area contributed by atoms with E-state index in [-0.39, 0.29) is 5.97 Å². The van der Waals surface area contributed by atoms with E-state index in [1.807, 2.05) is 36.4 Å². The molecule has 1 aliphatic heterocycles.